The van der Waals surface area contributed by atoms with Crippen molar-refractivity contribution in [2.24, 2.45) is 0 Å². The minimum Gasteiger partial charge on any atom is -0.310 e. The fraction of sp³-hybridized carbons (Fsp3) is 0. The molecule has 0 unspecified atom stereocenters. The predicted molar refractivity (Wildman–Crippen MR) is 221 cm³/mol. The SMILES string of the molecule is c1ccc(N(c2ccc(-c3cccc4ccccc34)cc2)c2cccc(-c3cccc4c3c3c5ccccc5ccc3n4-c3ccccc3)c2)cc1. The van der Waals surface area contributed by atoms with Gasteiger partial charge in [0.1, 0.15) is 0 Å². The van der Waals surface area contributed by atoms with Crippen molar-refractivity contribution in [3.8, 4) is 27.9 Å². The Morgan fingerprint density at radius 1 is 0.327 bits per heavy atom. The van der Waals surface area contributed by atoms with Gasteiger partial charge in [-0.25, -0.2) is 0 Å². The van der Waals surface area contributed by atoms with Gasteiger partial charge in [0.25, 0.3) is 0 Å². The van der Waals surface area contributed by atoms with Crippen LogP contribution in [0.1, 0.15) is 0 Å². The summed E-state index contributed by atoms with van der Waals surface area (Å²) in [5, 5.41) is 7.57. The normalized spacial score (nSPS) is 11.5. The van der Waals surface area contributed by atoms with Crippen molar-refractivity contribution in [3.63, 3.8) is 0 Å². The second-order valence-corrected chi connectivity index (χ2v) is 13.3. The molecule has 0 radical (unpaired) electrons. The lowest BCUT2D eigenvalue weighted by Crippen LogP contribution is -2.09. The van der Waals surface area contributed by atoms with Crippen molar-refractivity contribution in [3.05, 3.63) is 206 Å². The maximum Gasteiger partial charge on any atom is 0.0547 e. The second kappa shape index (κ2) is 12.5. The summed E-state index contributed by atoms with van der Waals surface area (Å²) in [6, 6.07) is 74.6. The smallest absolute Gasteiger partial charge is 0.0547 e. The molecule has 9 aromatic carbocycles. The molecule has 0 saturated carbocycles. The first-order valence-corrected chi connectivity index (χ1v) is 17.9. The van der Waals surface area contributed by atoms with E-state index >= 15 is 0 Å². The van der Waals surface area contributed by atoms with E-state index in [0.29, 0.717) is 0 Å². The van der Waals surface area contributed by atoms with Gasteiger partial charge in [0.15, 0.2) is 0 Å². The molecule has 0 N–H and O–H groups in total. The monoisotopic (exact) mass is 662 g/mol. The van der Waals surface area contributed by atoms with Gasteiger partial charge in [0, 0.05) is 33.5 Å². The summed E-state index contributed by atoms with van der Waals surface area (Å²) in [7, 11) is 0. The van der Waals surface area contributed by atoms with E-state index in [1.807, 2.05) is 0 Å². The van der Waals surface area contributed by atoms with Crippen LogP contribution >= 0.6 is 0 Å². The van der Waals surface area contributed by atoms with Gasteiger partial charge in [-0.05, 0) is 104 Å². The summed E-state index contributed by atoms with van der Waals surface area (Å²) in [4.78, 5) is 2.36. The van der Waals surface area contributed by atoms with Gasteiger partial charge in [-0.15, -0.1) is 0 Å². The van der Waals surface area contributed by atoms with E-state index in [-0.39, 0.29) is 0 Å². The Kier molecular flexibility index (Phi) is 7.18. The van der Waals surface area contributed by atoms with Crippen LogP contribution < -0.4 is 4.90 Å². The molecule has 0 spiro atoms. The highest BCUT2D eigenvalue weighted by molar-refractivity contribution is 6.25. The number of hydrogen-bond donors (Lipinski definition) is 0. The molecule has 10 aromatic rings. The predicted octanol–water partition coefficient (Wildman–Crippen LogP) is 13.9. The molecule has 52 heavy (non-hydrogen) atoms. The number of aromatic nitrogens is 1. The van der Waals surface area contributed by atoms with Crippen LogP contribution in [0.2, 0.25) is 0 Å². The zero-order valence-corrected chi connectivity index (χ0v) is 28.5. The fourth-order valence-electron chi connectivity index (χ4n) is 8.03. The van der Waals surface area contributed by atoms with E-state index in [2.05, 4.69) is 216 Å². The van der Waals surface area contributed by atoms with Crippen LogP contribution in [0.5, 0.6) is 0 Å². The summed E-state index contributed by atoms with van der Waals surface area (Å²) in [6.45, 7) is 0. The molecule has 0 aliphatic heterocycles. The van der Waals surface area contributed by atoms with Crippen LogP contribution in [0.25, 0.3) is 71.3 Å². The highest BCUT2D eigenvalue weighted by Gasteiger charge is 2.20. The minimum absolute atomic E-state index is 1.11. The van der Waals surface area contributed by atoms with Crippen LogP contribution in [0.15, 0.2) is 206 Å². The lowest BCUT2D eigenvalue weighted by Gasteiger charge is -2.26. The first kappa shape index (κ1) is 30.0. The first-order valence-electron chi connectivity index (χ1n) is 17.9. The molecule has 2 nitrogen and oxygen atoms in total. The van der Waals surface area contributed by atoms with Crippen LogP contribution in [0, 0.1) is 0 Å². The quantitative estimate of drug-likeness (QED) is 0.172. The van der Waals surface area contributed by atoms with Gasteiger partial charge < -0.3 is 9.47 Å². The van der Waals surface area contributed by atoms with Crippen molar-refractivity contribution in [2.75, 3.05) is 4.90 Å². The third-order valence-corrected chi connectivity index (χ3v) is 10.4. The molecule has 0 atom stereocenters. The second-order valence-electron chi connectivity index (χ2n) is 13.3. The van der Waals surface area contributed by atoms with Crippen molar-refractivity contribution in [2.45, 2.75) is 0 Å². The number of para-hydroxylation sites is 2. The van der Waals surface area contributed by atoms with Gasteiger partial charge in [0.05, 0.1) is 11.0 Å². The van der Waals surface area contributed by atoms with E-state index in [0.717, 1.165) is 22.7 Å². The summed E-state index contributed by atoms with van der Waals surface area (Å²) < 4.78 is 2.41. The van der Waals surface area contributed by atoms with Gasteiger partial charge in [-0.3, -0.25) is 0 Å². The largest absolute Gasteiger partial charge is 0.310 e. The van der Waals surface area contributed by atoms with E-state index in [1.165, 1.54) is 65.6 Å². The van der Waals surface area contributed by atoms with Crippen molar-refractivity contribution < 1.29 is 0 Å². The van der Waals surface area contributed by atoms with Crippen molar-refractivity contribution in [1.82, 2.24) is 4.57 Å². The molecule has 2 heteroatoms. The van der Waals surface area contributed by atoms with Crippen LogP contribution in [0.3, 0.4) is 0 Å². The van der Waals surface area contributed by atoms with Gasteiger partial charge in [-0.2, -0.15) is 0 Å². The maximum absolute atomic E-state index is 2.41. The summed E-state index contributed by atoms with van der Waals surface area (Å²) in [6.07, 6.45) is 0. The van der Waals surface area contributed by atoms with E-state index in [4.69, 9.17) is 0 Å². The zero-order valence-electron chi connectivity index (χ0n) is 28.5. The highest BCUT2D eigenvalue weighted by atomic mass is 15.1. The highest BCUT2D eigenvalue weighted by Crippen LogP contribution is 2.44. The zero-order chi connectivity index (χ0) is 34.4. The van der Waals surface area contributed by atoms with Gasteiger partial charge in [-0.1, -0.05) is 146 Å². The number of rotatable bonds is 6. The van der Waals surface area contributed by atoms with E-state index in [9.17, 15) is 0 Å². The lowest BCUT2D eigenvalue weighted by atomic mass is 9.96. The van der Waals surface area contributed by atoms with Crippen molar-refractivity contribution >= 4 is 60.4 Å². The molecule has 10 rings (SSSR count). The molecule has 0 amide bonds. The van der Waals surface area contributed by atoms with Crippen LogP contribution in [-0.2, 0) is 0 Å². The number of benzene rings is 9. The Hall–Kier alpha value is -6.90. The third-order valence-electron chi connectivity index (χ3n) is 10.4. The Labute approximate surface area is 303 Å². The molecule has 0 aliphatic rings. The lowest BCUT2D eigenvalue weighted by molar-refractivity contribution is 1.18. The Morgan fingerprint density at radius 3 is 1.71 bits per heavy atom. The Balaban J connectivity index is 1.16. The van der Waals surface area contributed by atoms with Crippen molar-refractivity contribution in [1.29, 1.82) is 0 Å². The Bertz CT molecular complexity index is 2880. The third kappa shape index (κ3) is 4.96. The maximum atomic E-state index is 2.41. The Morgan fingerprint density at radius 2 is 0.904 bits per heavy atom. The molecule has 0 aliphatic carbocycles. The molecule has 244 valence electrons. The summed E-state index contributed by atoms with van der Waals surface area (Å²) in [5.41, 5.74) is 11.7. The van der Waals surface area contributed by atoms with Gasteiger partial charge in [0.2, 0.25) is 0 Å². The van der Waals surface area contributed by atoms with E-state index < -0.39 is 0 Å². The van der Waals surface area contributed by atoms with Crippen LogP contribution in [-0.4, -0.2) is 4.57 Å². The number of fused-ring (bicyclic) bond motifs is 6. The number of hydrogen-bond acceptors (Lipinski definition) is 1. The molecular formula is C50H34N2. The fourth-order valence-corrected chi connectivity index (χ4v) is 8.03. The van der Waals surface area contributed by atoms with E-state index in [1.54, 1.807) is 0 Å². The average molecular weight is 663 g/mol. The molecule has 0 saturated heterocycles. The van der Waals surface area contributed by atoms with Crippen LogP contribution in [0.4, 0.5) is 17.1 Å². The molecule has 0 bridgehead atoms. The molecule has 0 fully saturated rings. The average Bonchev–Trinajstić information content (AvgIpc) is 3.57. The first-order chi connectivity index (χ1) is 25.8. The summed E-state index contributed by atoms with van der Waals surface area (Å²) in [5.74, 6) is 0. The molecule has 1 aromatic heterocycles. The standard InChI is InChI=1S/C50H34N2/c1-3-18-39(19-4-1)51(41-31-28-37(29-32-41)44-25-12-16-35-14-7-9-23-43(35)44)42-22-11-17-38(34-42)46-26-13-27-47-50(46)49-45-24-10-8-15-36(45)30-33-48(49)52(47)40-20-5-2-6-21-40/h1-34H. The minimum atomic E-state index is 1.11. The number of anilines is 3. The summed E-state index contributed by atoms with van der Waals surface area (Å²) >= 11 is 0. The number of nitrogens with zero attached hydrogens (tertiary/aromatic N) is 2. The van der Waals surface area contributed by atoms with Gasteiger partial charge >= 0.3 is 0 Å². The molecule has 1 heterocycles. The topological polar surface area (TPSA) is 8.17 Å². The molecular weight excluding hydrogens is 629 g/mol.